The second-order valence-electron chi connectivity index (χ2n) is 6.69. The van der Waals surface area contributed by atoms with Gasteiger partial charge in [0.1, 0.15) is 12.4 Å². The lowest BCUT2D eigenvalue weighted by atomic mass is 10.00. The topological polar surface area (TPSA) is 12.5 Å². The molecule has 0 saturated heterocycles. The fourth-order valence-corrected chi connectivity index (χ4v) is 2.91. The Morgan fingerprint density at radius 1 is 1.00 bits per heavy atom. The Hall–Kier alpha value is -1.80. The fraction of sp³-hybridized carbons (Fsp3) is 0.400. The highest BCUT2D eigenvalue weighted by atomic mass is 16.5. The van der Waals surface area contributed by atoms with Crippen LogP contribution in [0.5, 0.6) is 5.75 Å². The molecule has 0 atom stereocenters. The summed E-state index contributed by atoms with van der Waals surface area (Å²) in [4.78, 5) is 2.55. The maximum Gasteiger partial charge on any atom is 0.124 e. The summed E-state index contributed by atoms with van der Waals surface area (Å²) >= 11 is 0. The van der Waals surface area contributed by atoms with Crippen LogP contribution in [0.1, 0.15) is 43.9 Å². The van der Waals surface area contributed by atoms with E-state index in [4.69, 9.17) is 4.74 Å². The molecule has 0 saturated carbocycles. The minimum absolute atomic E-state index is 0.232. The van der Waals surface area contributed by atoms with Crippen molar-refractivity contribution in [2.45, 2.75) is 52.4 Å². The van der Waals surface area contributed by atoms with Crippen molar-refractivity contribution in [1.82, 2.24) is 4.90 Å². The van der Waals surface area contributed by atoms with E-state index < -0.39 is 0 Å². The summed E-state index contributed by atoms with van der Waals surface area (Å²) in [6, 6.07) is 16.8. The molecule has 1 aliphatic rings. The van der Waals surface area contributed by atoms with Gasteiger partial charge in [-0.15, -0.1) is 0 Å². The molecular weight excluding hydrogens is 270 g/mol. The molecule has 0 amide bonds. The van der Waals surface area contributed by atoms with Gasteiger partial charge in [0.25, 0.3) is 0 Å². The van der Waals surface area contributed by atoms with E-state index >= 15 is 0 Å². The number of hydrogen-bond acceptors (Lipinski definition) is 2. The molecule has 116 valence electrons. The summed E-state index contributed by atoms with van der Waals surface area (Å²) in [5, 5.41) is 0. The predicted molar refractivity (Wildman–Crippen MR) is 90.8 cm³/mol. The van der Waals surface area contributed by atoms with E-state index in [2.05, 4.69) is 68.1 Å². The number of benzene rings is 2. The minimum atomic E-state index is 0.232. The molecule has 0 radical (unpaired) electrons. The molecule has 0 unspecified atom stereocenters. The first-order chi connectivity index (χ1) is 10.6. The average molecular weight is 295 g/mol. The van der Waals surface area contributed by atoms with Crippen LogP contribution in [-0.4, -0.2) is 10.4 Å². The third kappa shape index (κ3) is 3.02. The first kappa shape index (κ1) is 15.1. The Morgan fingerprint density at radius 3 is 2.50 bits per heavy atom. The zero-order valence-corrected chi connectivity index (χ0v) is 13.8. The van der Waals surface area contributed by atoms with E-state index in [0.29, 0.717) is 6.61 Å². The Balaban J connectivity index is 1.75. The van der Waals surface area contributed by atoms with Crippen LogP contribution in [0.3, 0.4) is 0 Å². The highest BCUT2D eigenvalue weighted by Crippen LogP contribution is 2.36. The van der Waals surface area contributed by atoms with Gasteiger partial charge in [-0.3, -0.25) is 4.90 Å². The summed E-state index contributed by atoms with van der Waals surface area (Å²) < 4.78 is 6.10. The highest BCUT2D eigenvalue weighted by Gasteiger charge is 2.31. The molecule has 0 fully saturated rings. The van der Waals surface area contributed by atoms with Crippen molar-refractivity contribution in [3.05, 3.63) is 65.2 Å². The lowest BCUT2D eigenvalue weighted by Crippen LogP contribution is -2.39. The fourth-order valence-electron chi connectivity index (χ4n) is 2.91. The Bertz CT molecular complexity index is 633. The van der Waals surface area contributed by atoms with Crippen LogP contribution in [0.2, 0.25) is 0 Å². The molecular formula is C20H25NO. The molecule has 2 nitrogen and oxygen atoms in total. The largest absolute Gasteiger partial charge is 0.489 e. The Kier molecular flexibility index (Phi) is 4.21. The maximum atomic E-state index is 6.10. The van der Waals surface area contributed by atoms with E-state index in [1.165, 1.54) is 16.7 Å². The molecule has 0 aliphatic carbocycles. The highest BCUT2D eigenvalue weighted by molar-refractivity contribution is 5.43. The van der Waals surface area contributed by atoms with Crippen LogP contribution in [0.15, 0.2) is 48.5 Å². The number of nitrogens with zero attached hydrogens (tertiary/aromatic N) is 1. The van der Waals surface area contributed by atoms with Gasteiger partial charge in [0.2, 0.25) is 0 Å². The summed E-state index contributed by atoms with van der Waals surface area (Å²) in [5.74, 6) is 1.04. The van der Waals surface area contributed by atoms with Gasteiger partial charge in [0.05, 0.1) is 0 Å². The van der Waals surface area contributed by atoms with E-state index in [1.807, 2.05) is 6.07 Å². The van der Waals surface area contributed by atoms with E-state index in [9.17, 15) is 0 Å². The van der Waals surface area contributed by atoms with Gasteiger partial charge in [-0.2, -0.15) is 0 Å². The molecule has 2 aromatic rings. The molecule has 0 bridgehead atoms. The average Bonchev–Trinajstić information content (AvgIpc) is 2.99. The van der Waals surface area contributed by atoms with Gasteiger partial charge in [0, 0.05) is 24.2 Å². The van der Waals surface area contributed by atoms with Crippen LogP contribution < -0.4 is 4.74 Å². The second kappa shape index (κ2) is 6.13. The van der Waals surface area contributed by atoms with Crippen molar-refractivity contribution in [1.29, 1.82) is 0 Å². The van der Waals surface area contributed by atoms with E-state index in [0.717, 1.165) is 25.3 Å². The Morgan fingerprint density at radius 2 is 1.77 bits per heavy atom. The van der Waals surface area contributed by atoms with Crippen LogP contribution in [0.25, 0.3) is 0 Å². The van der Waals surface area contributed by atoms with Crippen molar-refractivity contribution in [2.24, 2.45) is 0 Å². The van der Waals surface area contributed by atoms with Gasteiger partial charge >= 0.3 is 0 Å². The van der Waals surface area contributed by atoms with Gasteiger partial charge in [-0.05, 0) is 37.5 Å². The lowest BCUT2D eigenvalue weighted by Gasteiger charge is -2.34. The summed E-state index contributed by atoms with van der Waals surface area (Å²) in [5.41, 5.74) is 4.21. The lowest BCUT2D eigenvalue weighted by molar-refractivity contribution is 0.113. The molecule has 22 heavy (non-hydrogen) atoms. The quantitative estimate of drug-likeness (QED) is 0.788. The van der Waals surface area contributed by atoms with E-state index in [1.54, 1.807) is 0 Å². The molecule has 3 rings (SSSR count). The third-order valence-electron chi connectivity index (χ3n) is 4.90. The Labute approximate surface area is 133 Å². The zero-order valence-electron chi connectivity index (χ0n) is 13.8. The SMILES string of the molecule is CCC(C)(C)N1Cc2cccc(OCc3ccccc3)c2C1. The minimum Gasteiger partial charge on any atom is -0.489 e. The molecule has 1 heterocycles. The smallest absolute Gasteiger partial charge is 0.124 e. The normalized spacial score (nSPS) is 14.9. The van der Waals surface area contributed by atoms with Crippen LogP contribution in [0, 0.1) is 0 Å². The third-order valence-corrected chi connectivity index (χ3v) is 4.90. The molecule has 2 heteroatoms. The van der Waals surface area contributed by atoms with Crippen LogP contribution >= 0.6 is 0 Å². The predicted octanol–water partition coefficient (Wildman–Crippen LogP) is 4.77. The first-order valence-corrected chi connectivity index (χ1v) is 8.12. The number of rotatable bonds is 5. The number of hydrogen-bond donors (Lipinski definition) is 0. The van der Waals surface area contributed by atoms with Gasteiger partial charge in [-0.25, -0.2) is 0 Å². The van der Waals surface area contributed by atoms with Gasteiger partial charge in [0.15, 0.2) is 0 Å². The summed E-state index contributed by atoms with van der Waals surface area (Å²) in [6.45, 7) is 9.55. The van der Waals surface area contributed by atoms with Crippen molar-refractivity contribution in [3.63, 3.8) is 0 Å². The van der Waals surface area contributed by atoms with Gasteiger partial charge in [-0.1, -0.05) is 49.4 Å². The van der Waals surface area contributed by atoms with Crippen LogP contribution in [0.4, 0.5) is 0 Å². The second-order valence-corrected chi connectivity index (χ2v) is 6.69. The summed E-state index contributed by atoms with van der Waals surface area (Å²) in [7, 11) is 0. The van der Waals surface area contributed by atoms with Crippen molar-refractivity contribution in [3.8, 4) is 5.75 Å². The number of fused-ring (bicyclic) bond motifs is 1. The number of ether oxygens (including phenoxy) is 1. The maximum absolute atomic E-state index is 6.10. The van der Waals surface area contributed by atoms with Crippen molar-refractivity contribution >= 4 is 0 Å². The first-order valence-electron chi connectivity index (χ1n) is 8.12. The molecule has 2 aromatic carbocycles. The monoisotopic (exact) mass is 295 g/mol. The standard InChI is InChI=1S/C20H25NO/c1-4-20(2,3)21-13-17-11-8-12-19(18(17)14-21)22-15-16-9-6-5-7-10-16/h5-12H,4,13-15H2,1-3H3. The van der Waals surface area contributed by atoms with Crippen molar-refractivity contribution in [2.75, 3.05) is 0 Å². The van der Waals surface area contributed by atoms with Gasteiger partial charge < -0.3 is 4.74 Å². The van der Waals surface area contributed by atoms with E-state index in [-0.39, 0.29) is 5.54 Å². The van der Waals surface area contributed by atoms with Crippen molar-refractivity contribution < 1.29 is 4.74 Å². The molecule has 0 aromatic heterocycles. The zero-order chi connectivity index (χ0) is 15.6. The summed E-state index contributed by atoms with van der Waals surface area (Å²) in [6.07, 6.45) is 1.15. The molecule has 0 spiro atoms. The molecule has 1 aliphatic heterocycles. The molecule has 0 N–H and O–H groups in total. The van der Waals surface area contributed by atoms with Crippen LogP contribution in [-0.2, 0) is 19.7 Å².